The first-order valence-corrected chi connectivity index (χ1v) is 9.55. The standard InChI is InChI=1S/C18H22ClN3OS.2ClH/c1-20-11-13-6-8-22(9-7-13)17(23)10-14-12-24-18(21-14)15-4-2-3-5-16(15)19;;/h2-5,12-13,20H,6-11H2,1H3;2*1H. The lowest BCUT2D eigenvalue weighted by atomic mass is 9.96. The van der Waals surface area contributed by atoms with E-state index in [2.05, 4.69) is 10.3 Å². The van der Waals surface area contributed by atoms with E-state index in [1.54, 1.807) is 0 Å². The molecule has 144 valence electrons. The molecule has 3 rings (SSSR count). The van der Waals surface area contributed by atoms with Crippen molar-refractivity contribution in [3.63, 3.8) is 0 Å². The summed E-state index contributed by atoms with van der Waals surface area (Å²) in [5.41, 5.74) is 1.76. The molecule has 0 atom stereocenters. The van der Waals surface area contributed by atoms with Gasteiger partial charge in [0, 0.05) is 24.0 Å². The lowest BCUT2D eigenvalue weighted by molar-refractivity contribution is -0.131. The first-order chi connectivity index (χ1) is 11.7. The number of thiazole rings is 1. The number of hydrogen-bond donors (Lipinski definition) is 1. The molecule has 0 radical (unpaired) electrons. The molecule has 1 amide bonds. The maximum Gasteiger partial charge on any atom is 0.228 e. The summed E-state index contributed by atoms with van der Waals surface area (Å²) in [6, 6.07) is 7.67. The average molecular weight is 437 g/mol. The minimum Gasteiger partial charge on any atom is -0.342 e. The van der Waals surface area contributed by atoms with E-state index < -0.39 is 0 Å². The highest BCUT2D eigenvalue weighted by Crippen LogP contribution is 2.30. The van der Waals surface area contributed by atoms with Crippen molar-refractivity contribution in [2.75, 3.05) is 26.7 Å². The fourth-order valence-electron chi connectivity index (χ4n) is 3.09. The molecule has 1 aromatic heterocycles. The fraction of sp³-hybridized carbons (Fsp3) is 0.444. The Labute approximate surface area is 176 Å². The van der Waals surface area contributed by atoms with Crippen LogP contribution in [0.5, 0.6) is 0 Å². The average Bonchev–Trinajstić information content (AvgIpc) is 3.04. The molecule has 0 unspecified atom stereocenters. The summed E-state index contributed by atoms with van der Waals surface area (Å²) < 4.78 is 0. The van der Waals surface area contributed by atoms with Crippen LogP contribution in [0.25, 0.3) is 10.6 Å². The molecule has 1 saturated heterocycles. The van der Waals surface area contributed by atoms with Gasteiger partial charge in [-0.2, -0.15) is 0 Å². The van der Waals surface area contributed by atoms with E-state index in [1.165, 1.54) is 11.3 Å². The number of halogens is 3. The number of benzene rings is 1. The number of aromatic nitrogens is 1. The van der Waals surface area contributed by atoms with Crippen molar-refractivity contribution in [1.29, 1.82) is 0 Å². The van der Waals surface area contributed by atoms with Gasteiger partial charge in [0.2, 0.25) is 5.91 Å². The van der Waals surface area contributed by atoms with Crippen molar-refractivity contribution in [2.45, 2.75) is 19.3 Å². The smallest absolute Gasteiger partial charge is 0.228 e. The summed E-state index contributed by atoms with van der Waals surface area (Å²) in [4.78, 5) is 19.1. The van der Waals surface area contributed by atoms with Crippen LogP contribution in [0, 0.1) is 5.92 Å². The van der Waals surface area contributed by atoms with Gasteiger partial charge in [-0.15, -0.1) is 36.2 Å². The zero-order valence-corrected chi connectivity index (χ0v) is 17.8. The van der Waals surface area contributed by atoms with Crippen molar-refractivity contribution in [3.05, 3.63) is 40.4 Å². The van der Waals surface area contributed by atoms with Crippen LogP contribution in [0.3, 0.4) is 0 Å². The summed E-state index contributed by atoms with van der Waals surface area (Å²) in [6.45, 7) is 2.74. The highest BCUT2D eigenvalue weighted by molar-refractivity contribution is 7.13. The van der Waals surface area contributed by atoms with Gasteiger partial charge in [0.15, 0.2) is 0 Å². The van der Waals surface area contributed by atoms with E-state index in [0.717, 1.165) is 48.7 Å². The van der Waals surface area contributed by atoms with Gasteiger partial charge in [-0.1, -0.05) is 29.8 Å². The van der Waals surface area contributed by atoms with Gasteiger partial charge in [-0.05, 0) is 38.4 Å². The summed E-state index contributed by atoms with van der Waals surface area (Å²) >= 11 is 7.76. The van der Waals surface area contributed by atoms with Crippen molar-refractivity contribution < 1.29 is 4.79 Å². The third-order valence-corrected chi connectivity index (χ3v) is 5.70. The number of rotatable bonds is 5. The molecule has 0 saturated carbocycles. The van der Waals surface area contributed by atoms with Crippen LogP contribution in [-0.2, 0) is 11.2 Å². The molecule has 0 aliphatic carbocycles. The van der Waals surface area contributed by atoms with Gasteiger partial charge >= 0.3 is 0 Å². The third-order valence-electron chi connectivity index (χ3n) is 4.45. The molecule has 2 heterocycles. The Balaban J connectivity index is 0.00000169. The normalized spacial score (nSPS) is 14.5. The predicted molar refractivity (Wildman–Crippen MR) is 114 cm³/mol. The van der Waals surface area contributed by atoms with E-state index in [1.807, 2.05) is 41.6 Å². The molecule has 1 aliphatic rings. The first kappa shape index (κ1) is 23.2. The molecule has 1 fully saturated rings. The van der Waals surface area contributed by atoms with Gasteiger partial charge in [0.25, 0.3) is 0 Å². The maximum atomic E-state index is 12.5. The number of hydrogen-bond acceptors (Lipinski definition) is 4. The molecule has 2 aromatic rings. The van der Waals surface area contributed by atoms with Crippen molar-refractivity contribution >= 4 is 53.7 Å². The Morgan fingerprint density at radius 3 is 2.65 bits per heavy atom. The largest absolute Gasteiger partial charge is 0.342 e. The molecule has 1 N–H and O–H groups in total. The number of likely N-dealkylation sites (tertiary alicyclic amines) is 1. The molecule has 8 heteroatoms. The Morgan fingerprint density at radius 2 is 2.00 bits per heavy atom. The molecule has 1 aliphatic heterocycles. The van der Waals surface area contributed by atoms with Gasteiger partial charge in [0.05, 0.1) is 17.1 Å². The molecular formula is C18H24Cl3N3OS. The zero-order chi connectivity index (χ0) is 16.9. The SMILES string of the molecule is CNCC1CCN(C(=O)Cc2csc(-c3ccccc3Cl)n2)CC1.Cl.Cl. The maximum absolute atomic E-state index is 12.5. The van der Waals surface area contributed by atoms with E-state index in [-0.39, 0.29) is 30.7 Å². The van der Waals surface area contributed by atoms with Crippen LogP contribution in [0.1, 0.15) is 18.5 Å². The van der Waals surface area contributed by atoms with Crippen LogP contribution in [0.15, 0.2) is 29.6 Å². The number of nitrogens with zero attached hydrogens (tertiary/aromatic N) is 2. The van der Waals surface area contributed by atoms with Gasteiger partial charge in [-0.25, -0.2) is 4.98 Å². The van der Waals surface area contributed by atoms with Crippen molar-refractivity contribution in [1.82, 2.24) is 15.2 Å². The van der Waals surface area contributed by atoms with Crippen molar-refractivity contribution in [2.24, 2.45) is 5.92 Å². The Morgan fingerprint density at radius 1 is 1.31 bits per heavy atom. The Hall–Kier alpha value is -0.850. The lowest BCUT2D eigenvalue weighted by Crippen LogP contribution is -2.41. The molecule has 0 bridgehead atoms. The molecule has 26 heavy (non-hydrogen) atoms. The second kappa shape index (κ2) is 11.1. The van der Waals surface area contributed by atoms with E-state index in [9.17, 15) is 4.79 Å². The summed E-state index contributed by atoms with van der Waals surface area (Å²) in [5, 5.41) is 6.75. The van der Waals surface area contributed by atoms with Crippen LogP contribution in [0.2, 0.25) is 5.02 Å². The third kappa shape index (κ3) is 5.83. The number of carbonyl (C=O) groups excluding carboxylic acids is 1. The Bertz CT molecular complexity index is 702. The zero-order valence-electron chi connectivity index (χ0n) is 14.6. The monoisotopic (exact) mass is 435 g/mol. The number of nitrogens with one attached hydrogen (secondary N) is 1. The van der Waals surface area contributed by atoms with E-state index in [0.29, 0.717) is 17.4 Å². The topological polar surface area (TPSA) is 45.2 Å². The number of amides is 1. The van der Waals surface area contributed by atoms with Crippen LogP contribution in [0.4, 0.5) is 0 Å². The van der Waals surface area contributed by atoms with Crippen LogP contribution in [-0.4, -0.2) is 42.5 Å². The van der Waals surface area contributed by atoms with Gasteiger partial charge < -0.3 is 10.2 Å². The van der Waals surface area contributed by atoms with E-state index in [4.69, 9.17) is 11.6 Å². The second-order valence-corrected chi connectivity index (χ2v) is 7.45. The molecule has 0 spiro atoms. The minimum absolute atomic E-state index is 0. The van der Waals surface area contributed by atoms with Gasteiger partial charge in [0.1, 0.15) is 5.01 Å². The molecular weight excluding hydrogens is 413 g/mol. The highest BCUT2D eigenvalue weighted by atomic mass is 35.5. The van der Waals surface area contributed by atoms with E-state index >= 15 is 0 Å². The van der Waals surface area contributed by atoms with Crippen LogP contribution < -0.4 is 5.32 Å². The number of carbonyl (C=O) groups is 1. The lowest BCUT2D eigenvalue weighted by Gasteiger charge is -2.31. The van der Waals surface area contributed by atoms with Crippen molar-refractivity contribution in [3.8, 4) is 10.6 Å². The molecule has 4 nitrogen and oxygen atoms in total. The summed E-state index contributed by atoms with van der Waals surface area (Å²) in [7, 11) is 1.98. The predicted octanol–water partition coefficient (Wildman–Crippen LogP) is 4.31. The summed E-state index contributed by atoms with van der Waals surface area (Å²) in [6.07, 6.45) is 2.53. The minimum atomic E-state index is 0. The number of piperidine rings is 1. The van der Waals surface area contributed by atoms with Gasteiger partial charge in [-0.3, -0.25) is 4.79 Å². The summed E-state index contributed by atoms with van der Waals surface area (Å²) in [5.74, 6) is 0.860. The quantitative estimate of drug-likeness (QED) is 0.759. The first-order valence-electron chi connectivity index (χ1n) is 8.29. The molecule has 1 aromatic carbocycles. The second-order valence-electron chi connectivity index (χ2n) is 6.18. The Kier molecular flexibility index (Phi) is 9.90. The fourth-order valence-corrected chi connectivity index (χ4v) is 4.23. The highest BCUT2D eigenvalue weighted by Gasteiger charge is 2.23. The van der Waals surface area contributed by atoms with Crippen LogP contribution >= 0.6 is 47.8 Å².